The van der Waals surface area contributed by atoms with Crippen LogP contribution in [0.5, 0.6) is 5.75 Å². The first kappa shape index (κ1) is 19.0. The summed E-state index contributed by atoms with van der Waals surface area (Å²) in [5.41, 5.74) is 1.21. The van der Waals surface area contributed by atoms with Crippen LogP contribution in [0.1, 0.15) is 17.6 Å². The van der Waals surface area contributed by atoms with Crippen LogP contribution in [-0.4, -0.2) is 40.7 Å². The monoisotopic (exact) mass is 388 g/mol. The van der Waals surface area contributed by atoms with E-state index in [4.69, 9.17) is 4.74 Å². The number of aromatic nitrogens is 3. The molecule has 0 aliphatic carbocycles. The van der Waals surface area contributed by atoms with Crippen LogP contribution in [0, 0.1) is 6.92 Å². The molecule has 0 spiro atoms. The van der Waals surface area contributed by atoms with Crippen molar-refractivity contribution in [3.05, 3.63) is 51.4 Å². The van der Waals surface area contributed by atoms with E-state index in [0.717, 1.165) is 27.9 Å². The standard InChI is InChI=1S/C18H21N5O3S/c1-4-22(10-15(24)20-13-5-7-14(26-3)8-6-13)11-16-21-23-17(25)9-12(2)19-18(23)27-16/h5-9H,4,10-11H2,1-3H3,(H,20,24)/p+1. The van der Waals surface area contributed by atoms with Crippen molar-refractivity contribution in [2.45, 2.75) is 20.4 Å². The summed E-state index contributed by atoms with van der Waals surface area (Å²) in [6, 6.07) is 8.66. The smallest absolute Gasteiger partial charge is 0.279 e. The Hall–Kier alpha value is -2.78. The molecule has 0 fully saturated rings. The summed E-state index contributed by atoms with van der Waals surface area (Å²) in [5.74, 6) is 0.660. The highest BCUT2D eigenvalue weighted by Crippen LogP contribution is 2.14. The number of fused-ring (bicyclic) bond motifs is 1. The Labute approximate surface area is 160 Å². The van der Waals surface area contributed by atoms with Crippen molar-refractivity contribution >= 4 is 27.9 Å². The predicted octanol–water partition coefficient (Wildman–Crippen LogP) is 0.512. The molecule has 27 heavy (non-hydrogen) atoms. The molecule has 2 N–H and O–H groups in total. The van der Waals surface area contributed by atoms with Crippen molar-refractivity contribution in [2.75, 3.05) is 25.5 Å². The normalized spacial score (nSPS) is 12.1. The van der Waals surface area contributed by atoms with E-state index in [1.807, 2.05) is 6.92 Å². The van der Waals surface area contributed by atoms with E-state index in [9.17, 15) is 9.59 Å². The highest BCUT2D eigenvalue weighted by Gasteiger charge is 2.17. The molecule has 2 aromatic heterocycles. The van der Waals surface area contributed by atoms with E-state index in [1.165, 1.54) is 21.9 Å². The lowest BCUT2D eigenvalue weighted by molar-refractivity contribution is -0.903. The third-order valence-corrected chi connectivity index (χ3v) is 5.01. The number of likely N-dealkylation sites (N-methyl/N-ethyl adjacent to an activating group) is 1. The van der Waals surface area contributed by atoms with Gasteiger partial charge in [0.2, 0.25) is 4.96 Å². The average Bonchev–Trinajstić information content (AvgIpc) is 3.04. The molecule has 0 bridgehead atoms. The molecule has 0 saturated carbocycles. The number of nitrogens with one attached hydrogen (secondary N) is 2. The zero-order chi connectivity index (χ0) is 19.4. The molecular formula is C18H22N5O3S+. The minimum atomic E-state index is -0.185. The van der Waals surface area contributed by atoms with Gasteiger partial charge in [-0.3, -0.25) is 9.59 Å². The fourth-order valence-corrected chi connectivity index (χ4v) is 3.68. The van der Waals surface area contributed by atoms with E-state index in [-0.39, 0.29) is 11.5 Å². The Balaban J connectivity index is 1.65. The number of methoxy groups -OCH3 is 1. The van der Waals surface area contributed by atoms with Crippen molar-refractivity contribution < 1.29 is 14.4 Å². The van der Waals surface area contributed by atoms with Gasteiger partial charge in [0.25, 0.3) is 11.5 Å². The molecule has 0 aliphatic rings. The predicted molar refractivity (Wildman–Crippen MR) is 104 cm³/mol. The number of carbonyl (C=O) groups excluding carboxylic acids is 1. The first-order valence-corrected chi connectivity index (χ1v) is 9.44. The number of benzene rings is 1. The summed E-state index contributed by atoms with van der Waals surface area (Å²) >= 11 is 1.38. The van der Waals surface area contributed by atoms with E-state index in [2.05, 4.69) is 15.4 Å². The Morgan fingerprint density at radius 2 is 2.07 bits per heavy atom. The quantitative estimate of drug-likeness (QED) is 0.616. The van der Waals surface area contributed by atoms with Gasteiger partial charge in [0.15, 0.2) is 11.6 Å². The van der Waals surface area contributed by atoms with Gasteiger partial charge in [-0.05, 0) is 38.1 Å². The van der Waals surface area contributed by atoms with E-state index >= 15 is 0 Å². The van der Waals surface area contributed by atoms with Crippen molar-refractivity contribution in [3.63, 3.8) is 0 Å². The van der Waals surface area contributed by atoms with Gasteiger partial charge in [0.05, 0.1) is 13.7 Å². The number of ether oxygens (including phenoxy) is 1. The van der Waals surface area contributed by atoms with Crippen molar-refractivity contribution in [2.24, 2.45) is 0 Å². The minimum absolute atomic E-state index is 0.0794. The van der Waals surface area contributed by atoms with E-state index < -0.39 is 0 Å². The van der Waals surface area contributed by atoms with Crippen molar-refractivity contribution in [1.82, 2.24) is 14.6 Å². The summed E-state index contributed by atoms with van der Waals surface area (Å²) in [7, 11) is 1.60. The third kappa shape index (κ3) is 4.69. The van der Waals surface area contributed by atoms with Crippen LogP contribution in [0.25, 0.3) is 4.96 Å². The summed E-state index contributed by atoms with van der Waals surface area (Å²) in [5, 5.41) is 8.01. The van der Waals surface area contributed by atoms with Gasteiger partial charge < -0.3 is 15.0 Å². The number of carbonyl (C=O) groups is 1. The molecule has 1 atom stereocenters. The number of anilines is 1. The molecule has 3 rings (SSSR count). The number of amides is 1. The number of aryl methyl sites for hydroxylation is 1. The van der Waals surface area contributed by atoms with Crippen molar-refractivity contribution in [1.29, 1.82) is 0 Å². The molecule has 9 heteroatoms. The van der Waals surface area contributed by atoms with Crippen LogP contribution in [0.15, 0.2) is 35.1 Å². The molecular weight excluding hydrogens is 366 g/mol. The van der Waals surface area contributed by atoms with Crippen molar-refractivity contribution in [3.8, 4) is 5.75 Å². The van der Waals surface area contributed by atoms with Crippen LogP contribution in [-0.2, 0) is 11.3 Å². The largest absolute Gasteiger partial charge is 0.497 e. The summed E-state index contributed by atoms with van der Waals surface area (Å²) in [6.07, 6.45) is 0. The zero-order valence-electron chi connectivity index (χ0n) is 15.5. The number of hydrogen-bond acceptors (Lipinski definition) is 6. The maximum atomic E-state index is 12.3. The molecule has 0 saturated heterocycles. The molecule has 2 heterocycles. The van der Waals surface area contributed by atoms with Gasteiger partial charge in [-0.15, -0.1) is 0 Å². The van der Waals surface area contributed by atoms with Crippen LogP contribution >= 0.6 is 11.3 Å². The number of nitrogens with zero attached hydrogens (tertiary/aromatic N) is 3. The maximum Gasteiger partial charge on any atom is 0.279 e. The fraction of sp³-hybridized carbons (Fsp3) is 0.333. The lowest BCUT2D eigenvalue weighted by Crippen LogP contribution is -3.11. The van der Waals surface area contributed by atoms with Gasteiger partial charge >= 0.3 is 0 Å². The Kier molecular flexibility index (Phi) is 5.82. The number of rotatable bonds is 7. The zero-order valence-corrected chi connectivity index (χ0v) is 16.3. The first-order chi connectivity index (χ1) is 13.0. The Morgan fingerprint density at radius 3 is 2.74 bits per heavy atom. The van der Waals surface area contributed by atoms with Crippen LogP contribution in [0.3, 0.4) is 0 Å². The SMILES string of the molecule is CC[NH+](CC(=O)Nc1ccc(OC)cc1)Cc1nn2c(=O)cc(C)nc2s1. The van der Waals surface area contributed by atoms with Crippen LogP contribution in [0.4, 0.5) is 5.69 Å². The number of quaternary nitrogens is 1. The second kappa shape index (κ2) is 8.28. The van der Waals surface area contributed by atoms with E-state index in [0.29, 0.717) is 23.7 Å². The van der Waals surface area contributed by atoms with Gasteiger partial charge in [-0.25, -0.2) is 4.98 Å². The fourth-order valence-electron chi connectivity index (χ4n) is 2.66. The molecule has 0 radical (unpaired) electrons. The maximum absolute atomic E-state index is 12.3. The first-order valence-electron chi connectivity index (χ1n) is 8.62. The molecule has 1 unspecified atom stereocenters. The molecule has 0 aliphatic heterocycles. The number of hydrogen-bond donors (Lipinski definition) is 2. The van der Waals surface area contributed by atoms with Gasteiger partial charge in [0.1, 0.15) is 12.3 Å². The topological polar surface area (TPSA) is 90.0 Å². The lowest BCUT2D eigenvalue weighted by Gasteiger charge is -2.15. The van der Waals surface area contributed by atoms with Gasteiger partial charge in [0, 0.05) is 17.4 Å². The Morgan fingerprint density at radius 1 is 1.33 bits per heavy atom. The van der Waals surface area contributed by atoms with Gasteiger partial charge in [-0.2, -0.15) is 9.61 Å². The Bertz CT molecular complexity index is 996. The van der Waals surface area contributed by atoms with E-state index in [1.54, 1.807) is 38.3 Å². The minimum Gasteiger partial charge on any atom is -0.497 e. The summed E-state index contributed by atoms with van der Waals surface area (Å²) in [6.45, 7) is 5.41. The highest BCUT2D eigenvalue weighted by atomic mass is 32.1. The lowest BCUT2D eigenvalue weighted by atomic mass is 10.3. The molecule has 3 aromatic rings. The highest BCUT2D eigenvalue weighted by molar-refractivity contribution is 7.16. The second-order valence-corrected chi connectivity index (χ2v) is 7.20. The third-order valence-electron chi connectivity index (χ3n) is 4.10. The summed E-state index contributed by atoms with van der Waals surface area (Å²) in [4.78, 5) is 30.3. The molecule has 1 amide bonds. The molecule has 142 valence electrons. The van der Waals surface area contributed by atoms with Gasteiger partial charge in [-0.1, -0.05) is 11.3 Å². The average molecular weight is 388 g/mol. The van der Waals surface area contributed by atoms with Crippen LogP contribution < -0.4 is 20.5 Å². The molecule has 8 nitrogen and oxygen atoms in total. The molecule has 1 aromatic carbocycles. The second-order valence-electron chi connectivity index (χ2n) is 6.16. The summed E-state index contributed by atoms with van der Waals surface area (Å²) < 4.78 is 6.43. The van der Waals surface area contributed by atoms with Crippen LogP contribution in [0.2, 0.25) is 0 Å².